The van der Waals surface area contributed by atoms with Crippen LogP contribution in [0.5, 0.6) is 0 Å². The Kier molecular flexibility index (Phi) is 5.40. The maximum Gasteiger partial charge on any atom is 0.245 e. The van der Waals surface area contributed by atoms with Crippen LogP contribution < -0.4 is 5.32 Å². The van der Waals surface area contributed by atoms with Crippen LogP contribution in [0.1, 0.15) is 19.4 Å². The number of anilines is 1. The Morgan fingerprint density at radius 3 is 2.57 bits per heavy atom. The lowest BCUT2D eigenvalue weighted by atomic mass is 10.1. The molecule has 114 valence electrons. The summed E-state index contributed by atoms with van der Waals surface area (Å²) in [7, 11) is -3.58. The van der Waals surface area contributed by atoms with E-state index < -0.39 is 20.5 Å². The van der Waals surface area contributed by atoms with Gasteiger partial charge in [0, 0.05) is 16.8 Å². The molecule has 1 aromatic rings. The highest BCUT2D eigenvalue weighted by molar-refractivity contribution is 7.92. The molecular formula is C14H16ClNO4S. The molecule has 0 aliphatic carbocycles. The number of aliphatic hydroxyl groups is 1. The fourth-order valence-corrected chi connectivity index (χ4v) is 1.86. The summed E-state index contributed by atoms with van der Waals surface area (Å²) in [5.74, 6) is 4.44. The molecule has 0 unspecified atom stereocenters. The molecule has 0 radical (unpaired) electrons. The summed E-state index contributed by atoms with van der Waals surface area (Å²) in [4.78, 5) is 12.2. The van der Waals surface area contributed by atoms with E-state index in [4.69, 9.17) is 16.7 Å². The third-order valence-electron chi connectivity index (χ3n) is 3.01. The standard InChI is InChI=1S/C14H16ClNO4S/c1-14(2,21(3,19)20)13(18)16-12-9-11(15)7-6-10(12)5-4-8-17/h6-7,9,17H,8H2,1-3H3,(H,16,18). The molecule has 2 N–H and O–H groups in total. The van der Waals surface area contributed by atoms with Gasteiger partial charge in [-0.15, -0.1) is 0 Å². The summed E-state index contributed by atoms with van der Waals surface area (Å²) >= 11 is 5.87. The van der Waals surface area contributed by atoms with Crippen LogP contribution in [-0.4, -0.2) is 37.0 Å². The molecule has 5 nitrogen and oxygen atoms in total. The number of benzene rings is 1. The van der Waals surface area contributed by atoms with Crippen molar-refractivity contribution in [1.82, 2.24) is 0 Å². The summed E-state index contributed by atoms with van der Waals surface area (Å²) in [6, 6.07) is 4.63. The first-order valence-corrected chi connectivity index (χ1v) is 8.27. The highest BCUT2D eigenvalue weighted by atomic mass is 35.5. The second kappa shape index (κ2) is 6.48. The smallest absolute Gasteiger partial charge is 0.245 e. The molecule has 1 aromatic carbocycles. The third kappa shape index (κ3) is 4.21. The van der Waals surface area contributed by atoms with Gasteiger partial charge in [-0.3, -0.25) is 4.79 Å². The molecule has 0 heterocycles. The number of sulfone groups is 1. The van der Waals surface area contributed by atoms with Gasteiger partial charge < -0.3 is 10.4 Å². The maximum atomic E-state index is 12.2. The van der Waals surface area contributed by atoms with Gasteiger partial charge in [-0.2, -0.15) is 0 Å². The predicted octanol–water partition coefficient (Wildman–Crippen LogP) is 1.45. The maximum absolute atomic E-state index is 12.2. The van der Waals surface area contributed by atoms with Gasteiger partial charge in [-0.25, -0.2) is 8.42 Å². The number of nitrogens with one attached hydrogen (secondary N) is 1. The zero-order valence-corrected chi connectivity index (χ0v) is 13.5. The first-order chi connectivity index (χ1) is 9.59. The van der Waals surface area contributed by atoms with Crippen molar-refractivity contribution in [2.24, 2.45) is 0 Å². The largest absolute Gasteiger partial charge is 0.384 e. The Morgan fingerprint density at radius 2 is 2.05 bits per heavy atom. The van der Waals surface area contributed by atoms with Crippen molar-refractivity contribution in [2.75, 3.05) is 18.2 Å². The molecule has 0 saturated carbocycles. The number of halogens is 1. The van der Waals surface area contributed by atoms with Crippen molar-refractivity contribution >= 4 is 33.0 Å². The molecule has 0 fully saturated rings. The third-order valence-corrected chi connectivity index (χ3v) is 5.28. The van der Waals surface area contributed by atoms with E-state index in [2.05, 4.69) is 17.2 Å². The van der Waals surface area contributed by atoms with Crippen molar-refractivity contribution in [3.8, 4) is 11.8 Å². The van der Waals surface area contributed by atoms with Crippen molar-refractivity contribution < 1.29 is 18.3 Å². The molecule has 0 aliphatic heterocycles. The van der Waals surface area contributed by atoms with Crippen LogP contribution in [0, 0.1) is 11.8 Å². The molecule has 1 rings (SSSR count). The number of amides is 1. The van der Waals surface area contributed by atoms with Crippen molar-refractivity contribution in [3.05, 3.63) is 28.8 Å². The molecule has 0 saturated heterocycles. The van der Waals surface area contributed by atoms with E-state index in [9.17, 15) is 13.2 Å². The van der Waals surface area contributed by atoms with E-state index in [1.807, 2.05) is 0 Å². The minimum absolute atomic E-state index is 0.296. The summed E-state index contributed by atoms with van der Waals surface area (Å²) in [6.07, 6.45) is 0.997. The molecule has 21 heavy (non-hydrogen) atoms. The average molecular weight is 330 g/mol. The topological polar surface area (TPSA) is 83.5 Å². The van der Waals surface area contributed by atoms with Crippen LogP contribution in [0.3, 0.4) is 0 Å². The molecule has 1 amide bonds. The SMILES string of the molecule is CC(C)(C(=O)Nc1cc(Cl)ccc1C#CCO)S(C)(=O)=O. The summed E-state index contributed by atoms with van der Waals surface area (Å²) < 4.78 is 21.7. The minimum atomic E-state index is -3.58. The van der Waals surface area contributed by atoms with E-state index >= 15 is 0 Å². The predicted molar refractivity (Wildman–Crippen MR) is 83.0 cm³/mol. The van der Waals surface area contributed by atoms with E-state index in [-0.39, 0.29) is 6.61 Å². The lowest BCUT2D eigenvalue weighted by Crippen LogP contribution is -2.44. The molecule has 7 heteroatoms. The van der Waals surface area contributed by atoms with Gasteiger partial charge in [0.25, 0.3) is 0 Å². The Balaban J connectivity index is 3.19. The second-order valence-corrected chi connectivity index (χ2v) is 7.89. The lowest BCUT2D eigenvalue weighted by Gasteiger charge is -2.22. The summed E-state index contributed by atoms with van der Waals surface area (Å²) in [5, 5.41) is 11.6. The van der Waals surface area contributed by atoms with Gasteiger partial charge in [0.05, 0.1) is 5.69 Å². The fraction of sp³-hybridized carbons (Fsp3) is 0.357. The van der Waals surface area contributed by atoms with Crippen LogP contribution in [0.25, 0.3) is 0 Å². The highest BCUT2D eigenvalue weighted by Gasteiger charge is 2.38. The molecule has 0 aromatic heterocycles. The van der Waals surface area contributed by atoms with Gasteiger partial charge in [0.15, 0.2) is 9.84 Å². The van der Waals surface area contributed by atoms with E-state index in [1.54, 1.807) is 12.1 Å². The first-order valence-electron chi connectivity index (χ1n) is 6.00. The first kappa shape index (κ1) is 17.5. The van der Waals surface area contributed by atoms with Gasteiger partial charge in [-0.05, 0) is 32.0 Å². The second-order valence-electron chi connectivity index (χ2n) is 4.89. The van der Waals surface area contributed by atoms with Gasteiger partial charge in [0.1, 0.15) is 11.4 Å². The number of hydrogen-bond acceptors (Lipinski definition) is 4. The summed E-state index contributed by atoms with van der Waals surface area (Å²) in [5.41, 5.74) is 0.733. The Hall–Kier alpha value is -1.55. The Morgan fingerprint density at radius 1 is 1.43 bits per heavy atom. The highest BCUT2D eigenvalue weighted by Crippen LogP contribution is 2.23. The summed E-state index contributed by atoms with van der Waals surface area (Å²) in [6.45, 7) is 2.31. The minimum Gasteiger partial charge on any atom is -0.384 e. The van der Waals surface area contributed by atoms with Gasteiger partial charge in [0.2, 0.25) is 5.91 Å². The number of rotatable bonds is 3. The number of aliphatic hydroxyl groups excluding tert-OH is 1. The Bertz CT molecular complexity index is 714. The van der Waals surface area contributed by atoms with Gasteiger partial charge >= 0.3 is 0 Å². The van der Waals surface area contributed by atoms with Crippen LogP contribution in [0.15, 0.2) is 18.2 Å². The molecule has 0 spiro atoms. The fourth-order valence-electron chi connectivity index (χ4n) is 1.30. The van der Waals surface area contributed by atoms with E-state index in [0.29, 0.717) is 16.3 Å². The zero-order chi connectivity index (χ0) is 16.3. The van der Waals surface area contributed by atoms with Crippen molar-refractivity contribution in [2.45, 2.75) is 18.6 Å². The Labute approximate surface area is 129 Å². The van der Waals surface area contributed by atoms with Crippen LogP contribution >= 0.6 is 11.6 Å². The number of hydrogen-bond donors (Lipinski definition) is 2. The van der Waals surface area contributed by atoms with Crippen LogP contribution in [0.2, 0.25) is 5.02 Å². The van der Waals surface area contributed by atoms with Gasteiger partial charge in [-0.1, -0.05) is 23.4 Å². The van der Waals surface area contributed by atoms with Crippen molar-refractivity contribution in [3.63, 3.8) is 0 Å². The zero-order valence-electron chi connectivity index (χ0n) is 11.9. The average Bonchev–Trinajstić information content (AvgIpc) is 2.36. The van der Waals surface area contributed by atoms with Crippen LogP contribution in [-0.2, 0) is 14.6 Å². The molecule has 0 bridgehead atoms. The monoisotopic (exact) mass is 329 g/mol. The molecular weight excluding hydrogens is 314 g/mol. The number of carbonyl (C=O) groups is 1. The molecule has 0 atom stereocenters. The number of carbonyl (C=O) groups excluding carboxylic acids is 1. The molecule has 0 aliphatic rings. The van der Waals surface area contributed by atoms with Crippen molar-refractivity contribution in [1.29, 1.82) is 0 Å². The van der Waals surface area contributed by atoms with Crippen LogP contribution in [0.4, 0.5) is 5.69 Å². The lowest BCUT2D eigenvalue weighted by molar-refractivity contribution is -0.117. The van der Waals surface area contributed by atoms with E-state index in [1.165, 1.54) is 19.9 Å². The van der Waals surface area contributed by atoms with E-state index in [0.717, 1.165) is 6.26 Å². The normalized spacial score (nSPS) is 11.5. The quantitative estimate of drug-likeness (QED) is 0.822.